The second kappa shape index (κ2) is 7.90. The van der Waals surface area contributed by atoms with Crippen LogP contribution in [-0.4, -0.2) is 27.6 Å². The van der Waals surface area contributed by atoms with E-state index in [-0.39, 0.29) is 23.3 Å². The summed E-state index contributed by atoms with van der Waals surface area (Å²) >= 11 is 0. The smallest absolute Gasteiger partial charge is 0.278 e. The number of fused-ring (bicyclic) bond motifs is 1. The molecule has 0 saturated carbocycles. The highest BCUT2D eigenvalue weighted by Crippen LogP contribution is 2.32. The lowest BCUT2D eigenvalue weighted by molar-refractivity contribution is -0.117. The number of anilines is 2. The lowest BCUT2D eigenvalue weighted by atomic mass is 10.1. The molecule has 3 aromatic rings. The Morgan fingerprint density at radius 1 is 1.10 bits per heavy atom. The summed E-state index contributed by atoms with van der Waals surface area (Å²) in [5.41, 5.74) is 1.40. The first-order valence-electron chi connectivity index (χ1n) is 9.48. The van der Waals surface area contributed by atoms with Crippen molar-refractivity contribution in [2.75, 3.05) is 10.2 Å². The Balaban J connectivity index is 1.56. The molecule has 7 nitrogen and oxygen atoms in total. The van der Waals surface area contributed by atoms with Gasteiger partial charge in [-0.1, -0.05) is 30.3 Å². The average molecular weight is 406 g/mol. The largest absolute Gasteiger partial charge is 0.322 e. The van der Waals surface area contributed by atoms with E-state index >= 15 is 0 Å². The number of carbonyl (C=O) groups is 2. The van der Waals surface area contributed by atoms with Crippen LogP contribution >= 0.6 is 0 Å². The first-order valence-corrected chi connectivity index (χ1v) is 9.48. The van der Waals surface area contributed by atoms with Crippen LogP contribution in [0.2, 0.25) is 0 Å². The molecule has 1 aliphatic heterocycles. The van der Waals surface area contributed by atoms with Crippen molar-refractivity contribution in [2.24, 2.45) is 0 Å². The summed E-state index contributed by atoms with van der Waals surface area (Å²) in [5.74, 6) is -1.56. The number of rotatable bonds is 4. The molecule has 30 heavy (non-hydrogen) atoms. The van der Waals surface area contributed by atoms with E-state index in [4.69, 9.17) is 0 Å². The van der Waals surface area contributed by atoms with E-state index in [1.54, 1.807) is 11.0 Å². The Kier molecular flexibility index (Phi) is 5.14. The van der Waals surface area contributed by atoms with Crippen LogP contribution < -0.4 is 15.8 Å². The third-order valence-corrected chi connectivity index (χ3v) is 4.95. The molecule has 0 saturated heterocycles. The fourth-order valence-corrected chi connectivity index (χ4v) is 3.56. The molecule has 1 N–H and O–H groups in total. The van der Waals surface area contributed by atoms with Crippen molar-refractivity contribution >= 4 is 23.2 Å². The average Bonchev–Trinajstić information content (AvgIpc) is 3.06. The molecule has 0 spiro atoms. The molecular formula is C22H19FN4O3. The minimum Gasteiger partial charge on any atom is -0.322 e. The lowest BCUT2D eigenvalue weighted by Crippen LogP contribution is -2.38. The Morgan fingerprint density at radius 2 is 1.83 bits per heavy atom. The van der Waals surface area contributed by atoms with Gasteiger partial charge in [-0.2, -0.15) is 5.10 Å². The zero-order valence-corrected chi connectivity index (χ0v) is 16.2. The Hall–Kier alpha value is -3.81. The molecule has 8 heteroatoms. The molecule has 2 amide bonds. The minimum absolute atomic E-state index is 0.00489. The minimum atomic E-state index is -0.626. The molecule has 0 bridgehead atoms. The first kappa shape index (κ1) is 19.5. The van der Waals surface area contributed by atoms with Crippen LogP contribution in [0.15, 0.2) is 65.5 Å². The van der Waals surface area contributed by atoms with Crippen molar-refractivity contribution in [3.8, 4) is 0 Å². The van der Waals surface area contributed by atoms with E-state index in [9.17, 15) is 18.8 Å². The number of hydrogen-bond acceptors (Lipinski definition) is 4. The van der Waals surface area contributed by atoms with Gasteiger partial charge in [-0.05, 0) is 43.2 Å². The zero-order valence-electron chi connectivity index (χ0n) is 16.2. The van der Waals surface area contributed by atoms with Gasteiger partial charge in [0, 0.05) is 17.8 Å². The second-order valence-corrected chi connectivity index (χ2v) is 7.10. The van der Waals surface area contributed by atoms with E-state index in [1.807, 2.05) is 31.2 Å². The predicted molar refractivity (Wildman–Crippen MR) is 110 cm³/mol. The molecule has 0 radical (unpaired) electrons. The monoisotopic (exact) mass is 406 g/mol. The third-order valence-electron chi connectivity index (χ3n) is 4.95. The molecule has 1 aromatic heterocycles. The topological polar surface area (TPSA) is 84.3 Å². The zero-order chi connectivity index (χ0) is 21.3. The van der Waals surface area contributed by atoms with Crippen molar-refractivity contribution in [3.05, 3.63) is 88.1 Å². The Labute approximate surface area is 171 Å². The summed E-state index contributed by atoms with van der Waals surface area (Å²) in [7, 11) is 0. The van der Waals surface area contributed by atoms with E-state index < -0.39 is 23.8 Å². The molecule has 1 aliphatic rings. The fourth-order valence-electron chi connectivity index (χ4n) is 3.56. The van der Waals surface area contributed by atoms with Gasteiger partial charge in [-0.3, -0.25) is 14.4 Å². The lowest BCUT2D eigenvalue weighted by Gasteiger charge is -2.22. The summed E-state index contributed by atoms with van der Waals surface area (Å²) < 4.78 is 14.6. The number of aromatic nitrogens is 2. The van der Waals surface area contributed by atoms with Crippen LogP contribution in [0.4, 0.5) is 15.8 Å². The first-order chi connectivity index (χ1) is 14.4. The second-order valence-electron chi connectivity index (χ2n) is 7.10. The van der Waals surface area contributed by atoms with Crippen molar-refractivity contribution in [1.82, 2.24) is 9.78 Å². The summed E-state index contributed by atoms with van der Waals surface area (Å²) in [5, 5.41) is 6.49. The van der Waals surface area contributed by atoms with Gasteiger partial charge in [-0.15, -0.1) is 0 Å². The van der Waals surface area contributed by atoms with Gasteiger partial charge in [0.05, 0.1) is 5.69 Å². The molecule has 0 unspecified atom stereocenters. The van der Waals surface area contributed by atoms with Crippen LogP contribution in [0, 0.1) is 5.82 Å². The summed E-state index contributed by atoms with van der Waals surface area (Å²) in [6.07, 6.45) is 0.729. The Morgan fingerprint density at radius 3 is 2.63 bits per heavy atom. The van der Waals surface area contributed by atoms with E-state index in [0.717, 1.165) is 22.4 Å². The highest BCUT2D eigenvalue weighted by Gasteiger charge is 2.32. The van der Waals surface area contributed by atoms with Crippen LogP contribution in [0.5, 0.6) is 0 Å². The third kappa shape index (κ3) is 3.71. The van der Waals surface area contributed by atoms with Crippen molar-refractivity contribution < 1.29 is 14.0 Å². The highest BCUT2D eigenvalue weighted by molar-refractivity contribution is 6.06. The van der Waals surface area contributed by atoms with Gasteiger partial charge < -0.3 is 10.2 Å². The number of benzene rings is 2. The number of amides is 2. The fraction of sp³-hybridized carbons (Fsp3) is 0.182. The maximum atomic E-state index is 13.7. The van der Waals surface area contributed by atoms with Crippen molar-refractivity contribution in [1.29, 1.82) is 0 Å². The van der Waals surface area contributed by atoms with Gasteiger partial charge in [0.1, 0.15) is 18.1 Å². The Bertz CT molecular complexity index is 1190. The highest BCUT2D eigenvalue weighted by atomic mass is 19.1. The SMILES string of the molecule is C[C@@H]1Cc2ccccc2N1C(=O)c1ccc(=O)n(CC(=O)Nc2ccccc2F)n1. The number of carbonyl (C=O) groups excluding carboxylic acids is 2. The number of nitrogens with one attached hydrogen (secondary N) is 1. The van der Waals surface area contributed by atoms with Gasteiger partial charge in [0.25, 0.3) is 11.5 Å². The quantitative estimate of drug-likeness (QED) is 0.722. The molecule has 0 fully saturated rings. The van der Waals surface area contributed by atoms with Crippen LogP contribution in [-0.2, 0) is 17.8 Å². The van der Waals surface area contributed by atoms with E-state index in [2.05, 4.69) is 10.4 Å². The maximum absolute atomic E-state index is 13.7. The molecule has 1 atom stereocenters. The van der Waals surface area contributed by atoms with Gasteiger partial charge >= 0.3 is 0 Å². The summed E-state index contributed by atoms with van der Waals surface area (Å²) in [4.78, 5) is 39.2. The maximum Gasteiger partial charge on any atom is 0.278 e. The van der Waals surface area contributed by atoms with E-state index in [0.29, 0.717) is 0 Å². The standard InChI is InChI=1S/C22H19FN4O3/c1-14-12-15-6-2-5-9-19(15)27(14)22(30)18-10-11-21(29)26(25-18)13-20(28)24-17-8-4-3-7-16(17)23/h2-11,14H,12-13H2,1H3,(H,24,28)/t14-/m1/s1. The van der Waals surface area contributed by atoms with E-state index in [1.165, 1.54) is 30.3 Å². The van der Waals surface area contributed by atoms with Crippen LogP contribution in [0.1, 0.15) is 23.0 Å². The van der Waals surface area contributed by atoms with Crippen LogP contribution in [0.3, 0.4) is 0 Å². The molecule has 0 aliphatic carbocycles. The number of para-hydroxylation sites is 2. The summed E-state index contributed by atoms with van der Waals surface area (Å²) in [6, 6.07) is 15.8. The predicted octanol–water partition coefficient (Wildman–Crippen LogP) is 2.61. The number of nitrogens with zero attached hydrogens (tertiary/aromatic N) is 3. The molecular weight excluding hydrogens is 387 g/mol. The molecule has 152 valence electrons. The molecule has 2 heterocycles. The van der Waals surface area contributed by atoms with Crippen molar-refractivity contribution in [3.63, 3.8) is 0 Å². The summed E-state index contributed by atoms with van der Waals surface area (Å²) in [6.45, 7) is 1.50. The van der Waals surface area contributed by atoms with Gasteiger partial charge in [0.15, 0.2) is 0 Å². The van der Waals surface area contributed by atoms with Gasteiger partial charge in [0.2, 0.25) is 5.91 Å². The molecule has 2 aromatic carbocycles. The molecule has 4 rings (SSSR count). The van der Waals surface area contributed by atoms with Crippen LogP contribution in [0.25, 0.3) is 0 Å². The van der Waals surface area contributed by atoms with Crippen molar-refractivity contribution in [2.45, 2.75) is 25.9 Å². The number of hydrogen-bond donors (Lipinski definition) is 1. The van der Waals surface area contributed by atoms with Gasteiger partial charge in [-0.25, -0.2) is 9.07 Å². The normalized spacial score (nSPS) is 15.0. The number of halogens is 1.